The lowest BCUT2D eigenvalue weighted by atomic mass is 10.2. The SMILES string of the molecule is CCCN(C)S(=O)(=O)c1c(-c2nc(C3CC3)no2)c(C)n(CC)c1C. The highest BCUT2D eigenvalue weighted by Gasteiger charge is 2.35. The Morgan fingerprint density at radius 2 is 1.92 bits per heavy atom. The first-order valence-corrected chi connectivity index (χ1v) is 10.3. The molecule has 0 N–H and O–H groups in total. The summed E-state index contributed by atoms with van der Waals surface area (Å²) in [6.45, 7) is 8.86. The Morgan fingerprint density at radius 1 is 1.24 bits per heavy atom. The number of sulfonamides is 1. The summed E-state index contributed by atoms with van der Waals surface area (Å²) in [5, 5.41) is 4.06. The van der Waals surface area contributed by atoms with Crippen molar-refractivity contribution < 1.29 is 12.9 Å². The van der Waals surface area contributed by atoms with Gasteiger partial charge in [0, 0.05) is 37.4 Å². The van der Waals surface area contributed by atoms with E-state index in [4.69, 9.17) is 4.52 Å². The summed E-state index contributed by atoms with van der Waals surface area (Å²) in [5.41, 5.74) is 2.10. The molecule has 8 heteroatoms. The summed E-state index contributed by atoms with van der Waals surface area (Å²) in [7, 11) is -2.02. The molecule has 2 heterocycles. The molecule has 2 aromatic rings. The molecule has 1 aliphatic carbocycles. The van der Waals surface area contributed by atoms with Crippen LogP contribution in [0.5, 0.6) is 0 Å². The predicted octanol–water partition coefficient (Wildman–Crippen LogP) is 3.08. The molecule has 138 valence electrons. The monoisotopic (exact) mass is 366 g/mol. The third kappa shape index (κ3) is 3.01. The molecular formula is C17H26N4O3S. The fourth-order valence-electron chi connectivity index (χ4n) is 3.33. The van der Waals surface area contributed by atoms with Crippen LogP contribution in [0.15, 0.2) is 9.42 Å². The van der Waals surface area contributed by atoms with Crippen molar-refractivity contribution in [3.63, 3.8) is 0 Å². The van der Waals surface area contributed by atoms with Crippen LogP contribution in [-0.4, -0.2) is 41.0 Å². The van der Waals surface area contributed by atoms with E-state index in [-0.39, 0.29) is 4.90 Å². The van der Waals surface area contributed by atoms with Crippen molar-refractivity contribution in [3.05, 3.63) is 17.2 Å². The Kier molecular flexibility index (Phi) is 4.76. The van der Waals surface area contributed by atoms with E-state index in [1.165, 1.54) is 4.31 Å². The summed E-state index contributed by atoms with van der Waals surface area (Å²) >= 11 is 0. The molecule has 3 rings (SSSR count). The molecule has 1 aliphatic rings. The number of nitrogens with zero attached hydrogens (tertiary/aromatic N) is 4. The summed E-state index contributed by atoms with van der Waals surface area (Å²) in [5.74, 6) is 1.34. The quantitative estimate of drug-likeness (QED) is 0.752. The van der Waals surface area contributed by atoms with Gasteiger partial charge < -0.3 is 9.09 Å². The molecule has 1 saturated carbocycles. The second kappa shape index (κ2) is 6.57. The van der Waals surface area contributed by atoms with Crippen LogP contribution in [0.2, 0.25) is 0 Å². The van der Waals surface area contributed by atoms with Gasteiger partial charge in [0.15, 0.2) is 5.82 Å². The first kappa shape index (κ1) is 18.1. The van der Waals surface area contributed by atoms with Gasteiger partial charge in [-0.05, 0) is 40.0 Å². The van der Waals surface area contributed by atoms with Gasteiger partial charge in [-0.15, -0.1) is 0 Å². The van der Waals surface area contributed by atoms with Gasteiger partial charge >= 0.3 is 0 Å². The lowest BCUT2D eigenvalue weighted by molar-refractivity contribution is 0.421. The molecule has 7 nitrogen and oxygen atoms in total. The van der Waals surface area contributed by atoms with Crippen molar-refractivity contribution in [1.29, 1.82) is 0 Å². The van der Waals surface area contributed by atoms with Gasteiger partial charge in [-0.1, -0.05) is 12.1 Å². The van der Waals surface area contributed by atoms with Gasteiger partial charge in [-0.25, -0.2) is 12.7 Å². The van der Waals surface area contributed by atoms with Gasteiger partial charge in [-0.3, -0.25) is 0 Å². The molecule has 0 saturated heterocycles. The van der Waals surface area contributed by atoms with E-state index in [9.17, 15) is 8.42 Å². The fraction of sp³-hybridized carbons (Fsp3) is 0.647. The standard InChI is InChI=1S/C17H26N4O3S/c1-6-10-20(5)25(22,23)15-12(4)21(7-2)11(3)14(15)17-18-16(19-24-17)13-8-9-13/h13H,6-10H2,1-5H3. The lowest BCUT2D eigenvalue weighted by Gasteiger charge is -2.17. The zero-order valence-corrected chi connectivity index (χ0v) is 16.4. The maximum absolute atomic E-state index is 13.2. The number of hydrogen-bond acceptors (Lipinski definition) is 5. The minimum absolute atomic E-state index is 0.286. The summed E-state index contributed by atoms with van der Waals surface area (Å²) in [6.07, 6.45) is 2.89. The van der Waals surface area contributed by atoms with Gasteiger partial charge in [0.1, 0.15) is 4.90 Å². The van der Waals surface area contributed by atoms with Crippen LogP contribution in [0, 0.1) is 13.8 Å². The molecule has 0 radical (unpaired) electrons. The number of hydrogen-bond donors (Lipinski definition) is 0. The third-order valence-corrected chi connectivity index (χ3v) is 6.87. The lowest BCUT2D eigenvalue weighted by Crippen LogP contribution is -2.28. The average Bonchev–Trinajstić information content (AvgIpc) is 3.23. The molecule has 0 unspecified atom stereocenters. The molecule has 0 bridgehead atoms. The average molecular weight is 366 g/mol. The molecule has 25 heavy (non-hydrogen) atoms. The molecule has 0 atom stereocenters. The summed E-state index contributed by atoms with van der Waals surface area (Å²) in [6, 6.07) is 0. The zero-order chi connectivity index (χ0) is 18.4. The third-order valence-electron chi connectivity index (χ3n) is 4.85. The smallest absolute Gasteiger partial charge is 0.261 e. The van der Waals surface area contributed by atoms with Crippen LogP contribution in [0.4, 0.5) is 0 Å². The number of rotatable bonds is 7. The van der Waals surface area contributed by atoms with E-state index in [0.717, 1.165) is 25.0 Å². The van der Waals surface area contributed by atoms with Crippen LogP contribution in [0.25, 0.3) is 11.5 Å². The van der Waals surface area contributed by atoms with Crippen molar-refractivity contribution in [1.82, 2.24) is 19.0 Å². The Morgan fingerprint density at radius 3 is 2.48 bits per heavy atom. The topological polar surface area (TPSA) is 81.2 Å². The Balaban J connectivity index is 2.19. The molecule has 0 spiro atoms. The Hall–Kier alpha value is -1.67. The van der Waals surface area contributed by atoms with Gasteiger partial charge in [0.25, 0.3) is 5.89 Å². The van der Waals surface area contributed by atoms with Gasteiger partial charge in [0.05, 0.1) is 5.56 Å². The van der Waals surface area contributed by atoms with Crippen LogP contribution >= 0.6 is 0 Å². The second-order valence-corrected chi connectivity index (χ2v) is 8.66. The van der Waals surface area contributed by atoms with E-state index in [2.05, 4.69) is 10.1 Å². The van der Waals surface area contributed by atoms with Gasteiger partial charge in [-0.2, -0.15) is 4.98 Å². The van der Waals surface area contributed by atoms with Crippen molar-refractivity contribution in [2.24, 2.45) is 0 Å². The van der Waals surface area contributed by atoms with E-state index >= 15 is 0 Å². The van der Waals surface area contributed by atoms with Crippen molar-refractivity contribution in [2.45, 2.75) is 64.3 Å². The highest BCUT2D eigenvalue weighted by atomic mass is 32.2. The highest BCUT2D eigenvalue weighted by molar-refractivity contribution is 7.89. The van der Waals surface area contributed by atoms with E-state index < -0.39 is 10.0 Å². The van der Waals surface area contributed by atoms with Crippen molar-refractivity contribution in [3.8, 4) is 11.5 Å². The number of aromatic nitrogens is 3. The molecule has 1 fully saturated rings. The second-order valence-electron chi connectivity index (χ2n) is 6.68. The Bertz CT molecular complexity index is 878. The highest BCUT2D eigenvalue weighted by Crippen LogP contribution is 2.41. The summed E-state index contributed by atoms with van der Waals surface area (Å²) in [4.78, 5) is 4.78. The van der Waals surface area contributed by atoms with E-state index in [1.807, 2.05) is 32.3 Å². The zero-order valence-electron chi connectivity index (χ0n) is 15.5. The van der Waals surface area contributed by atoms with Crippen LogP contribution in [-0.2, 0) is 16.6 Å². The van der Waals surface area contributed by atoms with Crippen LogP contribution in [0.3, 0.4) is 0 Å². The van der Waals surface area contributed by atoms with Crippen LogP contribution < -0.4 is 0 Å². The van der Waals surface area contributed by atoms with E-state index in [1.54, 1.807) is 7.05 Å². The van der Waals surface area contributed by atoms with Crippen molar-refractivity contribution >= 4 is 10.0 Å². The summed E-state index contributed by atoms with van der Waals surface area (Å²) < 4.78 is 35.2. The maximum Gasteiger partial charge on any atom is 0.261 e. The van der Waals surface area contributed by atoms with Crippen molar-refractivity contribution in [2.75, 3.05) is 13.6 Å². The normalized spacial score (nSPS) is 15.3. The molecule has 0 aromatic carbocycles. The van der Waals surface area contributed by atoms with Crippen LogP contribution in [0.1, 0.15) is 56.2 Å². The first-order chi connectivity index (χ1) is 11.8. The molecule has 0 amide bonds. The maximum atomic E-state index is 13.2. The molecular weight excluding hydrogens is 340 g/mol. The van der Waals surface area contributed by atoms with Gasteiger partial charge in [0.2, 0.25) is 10.0 Å². The minimum atomic E-state index is -3.63. The Labute approximate surface area is 149 Å². The predicted molar refractivity (Wildman–Crippen MR) is 95.0 cm³/mol. The first-order valence-electron chi connectivity index (χ1n) is 8.82. The van der Waals surface area contributed by atoms with E-state index in [0.29, 0.717) is 42.0 Å². The fourth-order valence-corrected chi connectivity index (χ4v) is 5.04. The molecule has 0 aliphatic heterocycles. The largest absolute Gasteiger partial charge is 0.347 e. The molecule has 2 aromatic heterocycles. The minimum Gasteiger partial charge on any atom is -0.347 e.